The lowest BCUT2D eigenvalue weighted by molar-refractivity contribution is 0.0697. The van der Waals surface area contributed by atoms with Crippen molar-refractivity contribution in [3.8, 4) is 0 Å². The number of carboxylic acid groups (broad SMARTS) is 1. The minimum absolute atomic E-state index is 0.0104. The largest absolute Gasteiger partial charge is 0.478 e. The summed E-state index contributed by atoms with van der Waals surface area (Å²) in [7, 11) is 0. The van der Waals surface area contributed by atoms with Gasteiger partial charge in [0.1, 0.15) is 17.2 Å². The molecule has 0 spiro atoms. The van der Waals surface area contributed by atoms with Crippen LogP contribution in [-0.2, 0) is 0 Å². The summed E-state index contributed by atoms with van der Waals surface area (Å²) in [6.07, 6.45) is 2.47. The van der Waals surface area contributed by atoms with Crippen LogP contribution in [-0.4, -0.2) is 16.1 Å². The fraction of sp³-hybridized carbons (Fsp3) is 0. The lowest BCUT2D eigenvalue weighted by atomic mass is 10.2. The molecule has 0 radical (unpaired) electrons. The van der Waals surface area contributed by atoms with Gasteiger partial charge >= 0.3 is 5.97 Å². The SMILES string of the molecule is O=C(O)c1cnccc1Nc1cc(F)c(Br)cc1F. The predicted octanol–water partition coefficient (Wildman–Crippen LogP) is 3.56. The number of pyridine rings is 1. The fourth-order valence-corrected chi connectivity index (χ4v) is 1.75. The van der Waals surface area contributed by atoms with E-state index in [0.29, 0.717) is 0 Å². The Morgan fingerprint density at radius 1 is 1.26 bits per heavy atom. The van der Waals surface area contributed by atoms with Gasteiger partial charge in [-0.25, -0.2) is 13.6 Å². The van der Waals surface area contributed by atoms with Gasteiger partial charge in [-0.05, 0) is 28.1 Å². The maximum atomic E-state index is 13.6. The van der Waals surface area contributed by atoms with Crippen LogP contribution in [0.5, 0.6) is 0 Å². The third-order valence-electron chi connectivity index (χ3n) is 2.33. The highest BCUT2D eigenvalue weighted by Gasteiger charge is 2.13. The lowest BCUT2D eigenvalue weighted by Crippen LogP contribution is -2.04. The van der Waals surface area contributed by atoms with Crippen LogP contribution in [0.2, 0.25) is 0 Å². The Kier molecular flexibility index (Phi) is 3.75. The number of nitrogens with zero attached hydrogens (tertiary/aromatic N) is 1. The van der Waals surface area contributed by atoms with Crippen molar-refractivity contribution in [1.29, 1.82) is 0 Å². The molecule has 0 unspecified atom stereocenters. The van der Waals surface area contributed by atoms with Gasteiger partial charge in [-0.1, -0.05) is 0 Å². The van der Waals surface area contributed by atoms with Crippen LogP contribution in [0, 0.1) is 11.6 Å². The second kappa shape index (κ2) is 5.31. The highest BCUT2D eigenvalue weighted by Crippen LogP contribution is 2.27. The van der Waals surface area contributed by atoms with Crippen LogP contribution >= 0.6 is 15.9 Å². The summed E-state index contributed by atoms with van der Waals surface area (Å²) in [5.41, 5.74) is -0.164. The van der Waals surface area contributed by atoms with Crippen molar-refractivity contribution in [1.82, 2.24) is 4.98 Å². The molecule has 0 aliphatic carbocycles. The van der Waals surface area contributed by atoms with E-state index in [1.807, 2.05) is 0 Å². The van der Waals surface area contributed by atoms with Crippen LogP contribution in [0.25, 0.3) is 0 Å². The molecule has 0 fully saturated rings. The molecule has 0 saturated carbocycles. The first-order valence-corrected chi connectivity index (χ1v) is 5.87. The van der Waals surface area contributed by atoms with Crippen molar-refractivity contribution < 1.29 is 18.7 Å². The van der Waals surface area contributed by atoms with Gasteiger partial charge in [-0.2, -0.15) is 0 Å². The minimum Gasteiger partial charge on any atom is -0.478 e. The van der Waals surface area contributed by atoms with Crippen LogP contribution in [0.3, 0.4) is 0 Å². The Morgan fingerprint density at radius 2 is 2.00 bits per heavy atom. The van der Waals surface area contributed by atoms with Gasteiger partial charge < -0.3 is 10.4 Å². The molecule has 1 heterocycles. The molecule has 1 aromatic heterocycles. The number of aromatic carboxylic acids is 1. The number of nitrogens with one attached hydrogen (secondary N) is 1. The molecule has 4 nitrogen and oxygen atoms in total. The highest BCUT2D eigenvalue weighted by atomic mass is 79.9. The molecule has 0 aliphatic heterocycles. The molecule has 0 saturated heterocycles. The van der Waals surface area contributed by atoms with Crippen LogP contribution in [0.15, 0.2) is 35.1 Å². The zero-order valence-corrected chi connectivity index (χ0v) is 10.9. The molecule has 2 rings (SSSR count). The Labute approximate surface area is 115 Å². The molecule has 0 atom stereocenters. The first-order chi connectivity index (χ1) is 8.99. The zero-order chi connectivity index (χ0) is 14.0. The molecular weight excluding hydrogens is 322 g/mol. The van der Waals surface area contributed by atoms with E-state index in [2.05, 4.69) is 26.2 Å². The molecule has 98 valence electrons. The summed E-state index contributed by atoms with van der Waals surface area (Å²) >= 11 is 2.86. The second-order valence-corrected chi connectivity index (χ2v) is 4.45. The van der Waals surface area contributed by atoms with Gasteiger partial charge in [-0.15, -0.1) is 0 Å². The lowest BCUT2D eigenvalue weighted by Gasteiger charge is -2.10. The first kappa shape index (κ1) is 13.4. The number of anilines is 2. The van der Waals surface area contributed by atoms with E-state index in [1.165, 1.54) is 12.3 Å². The van der Waals surface area contributed by atoms with Crippen molar-refractivity contribution in [2.75, 3.05) is 5.32 Å². The Hall–Kier alpha value is -2.02. The normalized spacial score (nSPS) is 10.3. The quantitative estimate of drug-likeness (QED) is 0.845. The van der Waals surface area contributed by atoms with Crippen molar-refractivity contribution in [3.05, 3.63) is 52.3 Å². The van der Waals surface area contributed by atoms with Gasteiger partial charge in [0.2, 0.25) is 0 Å². The number of carbonyl (C=O) groups is 1. The van der Waals surface area contributed by atoms with Gasteiger partial charge in [-0.3, -0.25) is 4.98 Å². The van der Waals surface area contributed by atoms with Crippen molar-refractivity contribution in [2.45, 2.75) is 0 Å². The molecule has 7 heteroatoms. The third-order valence-corrected chi connectivity index (χ3v) is 2.94. The van der Waals surface area contributed by atoms with Crippen LogP contribution in [0.1, 0.15) is 10.4 Å². The molecule has 0 amide bonds. The second-order valence-electron chi connectivity index (χ2n) is 3.60. The number of aromatic nitrogens is 1. The summed E-state index contributed by atoms with van der Waals surface area (Å²) in [5.74, 6) is -2.58. The van der Waals surface area contributed by atoms with Crippen molar-refractivity contribution >= 4 is 33.3 Å². The van der Waals surface area contributed by atoms with Gasteiger partial charge in [0.25, 0.3) is 0 Å². The number of hydrogen-bond donors (Lipinski definition) is 2. The predicted molar refractivity (Wildman–Crippen MR) is 68.5 cm³/mol. The van der Waals surface area contributed by atoms with E-state index in [4.69, 9.17) is 5.11 Å². The number of rotatable bonds is 3. The zero-order valence-electron chi connectivity index (χ0n) is 9.32. The topological polar surface area (TPSA) is 62.2 Å². The van der Waals surface area contributed by atoms with Crippen molar-refractivity contribution in [3.63, 3.8) is 0 Å². The first-order valence-electron chi connectivity index (χ1n) is 5.08. The molecule has 0 aliphatic rings. The highest BCUT2D eigenvalue weighted by molar-refractivity contribution is 9.10. The Balaban J connectivity index is 2.42. The Morgan fingerprint density at radius 3 is 2.68 bits per heavy atom. The molecule has 19 heavy (non-hydrogen) atoms. The van der Waals surface area contributed by atoms with E-state index in [1.54, 1.807) is 0 Å². The van der Waals surface area contributed by atoms with E-state index >= 15 is 0 Å². The van der Waals surface area contributed by atoms with E-state index in [-0.39, 0.29) is 21.4 Å². The van der Waals surface area contributed by atoms with Crippen LogP contribution < -0.4 is 5.32 Å². The van der Waals surface area contributed by atoms with E-state index < -0.39 is 17.6 Å². The summed E-state index contributed by atoms with van der Waals surface area (Å²) in [4.78, 5) is 14.6. The average Bonchev–Trinajstić information content (AvgIpc) is 2.36. The monoisotopic (exact) mass is 328 g/mol. The molecule has 2 aromatic rings. The third kappa shape index (κ3) is 2.87. The van der Waals surface area contributed by atoms with Crippen molar-refractivity contribution in [2.24, 2.45) is 0 Å². The minimum atomic E-state index is -1.21. The molecular formula is C12H7BrF2N2O2. The summed E-state index contributed by atoms with van der Waals surface area (Å²) in [5, 5.41) is 11.5. The average molecular weight is 329 g/mol. The maximum absolute atomic E-state index is 13.6. The summed E-state index contributed by atoms with van der Waals surface area (Å²) in [6.45, 7) is 0. The number of carboxylic acids is 1. The standard InChI is InChI=1S/C12H7BrF2N2O2/c13-7-3-9(15)11(4-8(7)14)17-10-1-2-16-5-6(10)12(18)19/h1-5H,(H,16,17)(H,18,19). The summed E-state index contributed by atoms with van der Waals surface area (Å²) < 4.78 is 27.0. The fourth-order valence-electron chi connectivity index (χ4n) is 1.44. The number of benzene rings is 1. The van der Waals surface area contributed by atoms with Gasteiger partial charge in [0.05, 0.1) is 15.8 Å². The van der Waals surface area contributed by atoms with E-state index in [0.717, 1.165) is 18.3 Å². The van der Waals surface area contributed by atoms with Crippen LogP contribution in [0.4, 0.5) is 20.2 Å². The molecule has 2 N–H and O–H groups in total. The van der Waals surface area contributed by atoms with Gasteiger partial charge in [0.15, 0.2) is 0 Å². The smallest absolute Gasteiger partial charge is 0.339 e. The Bertz CT molecular complexity index is 650. The van der Waals surface area contributed by atoms with E-state index in [9.17, 15) is 13.6 Å². The molecule has 1 aromatic carbocycles. The molecule has 0 bridgehead atoms. The maximum Gasteiger partial charge on any atom is 0.339 e. The summed E-state index contributed by atoms with van der Waals surface area (Å²) in [6, 6.07) is 3.26. The number of hydrogen-bond acceptors (Lipinski definition) is 3. The van der Waals surface area contributed by atoms with Gasteiger partial charge in [0, 0.05) is 18.5 Å². The number of halogens is 3.